The van der Waals surface area contributed by atoms with Gasteiger partial charge in [-0.05, 0) is 68.9 Å². The van der Waals surface area contributed by atoms with Crippen LogP contribution in [-0.2, 0) is 13.8 Å². The van der Waals surface area contributed by atoms with Crippen molar-refractivity contribution in [1.82, 2.24) is 5.32 Å². The molecule has 0 heterocycles. The maximum Gasteiger partial charge on any atom is 0.408 e. The molecule has 7 nitrogen and oxygen atoms in total. The summed E-state index contributed by atoms with van der Waals surface area (Å²) in [6.07, 6.45) is 0.937. The van der Waals surface area contributed by atoms with Gasteiger partial charge in [0.25, 0.3) is 0 Å². The molecular weight excluding hydrogens is 547 g/mol. The zero-order valence-corrected chi connectivity index (χ0v) is 26.3. The zero-order valence-electron chi connectivity index (χ0n) is 25.4. The second kappa shape index (κ2) is 12.0. The Bertz CT molecular complexity index is 1510. The maximum atomic E-state index is 14.5. The Morgan fingerprint density at radius 1 is 0.929 bits per heavy atom. The molecule has 2 N–H and O–H groups in total. The number of rotatable bonds is 9. The molecule has 1 aliphatic carbocycles. The monoisotopic (exact) mass is 588 g/mol. The molecule has 0 saturated carbocycles. The summed E-state index contributed by atoms with van der Waals surface area (Å²) in [7, 11) is -4.59. The quantitative estimate of drug-likeness (QED) is 0.192. The van der Waals surface area contributed by atoms with Crippen LogP contribution in [0.1, 0.15) is 76.8 Å². The molecule has 0 saturated heterocycles. The minimum absolute atomic E-state index is 0.0828. The molecule has 1 amide bonds. The fraction of sp³-hybridized carbons (Fsp3) is 0.353. The third-order valence-electron chi connectivity index (χ3n) is 7.48. The molecule has 0 aliphatic heterocycles. The standard InChI is InChI=1S/C34H41N2O5P/c1-9-23-15-14-16-24(21-23)29(36-32(37)40-33(4,5)6)31(42(38,39)41-34(7,8)22(2)3)35-30-27-19-12-10-17-25(27)26-18-11-13-20-28(26)30/h9-22,29,31H,1H2,2-8H3,(H,36,37)(H,38,39). The van der Waals surface area contributed by atoms with Gasteiger partial charge in [-0.25, -0.2) is 4.79 Å². The number of carbonyl (C=O) groups excluding carboxylic acids is 1. The van der Waals surface area contributed by atoms with Crippen molar-refractivity contribution in [2.45, 2.75) is 71.5 Å². The van der Waals surface area contributed by atoms with Gasteiger partial charge in [0, 0.05) is 11.1 Å². The Labute approximate surface area is 249 Å². The summed E-state index contributed by atoms with van der Waals surface area (Å²) in [6.45, 7) is 16.5. The molecule has 0 fully saturated rings. The van der Waals surface area contributed by atoms with Gasteiger partial charge in [-0.3, -0.25) is 9.56 Å². The minimum Gasteiger partial charge on any atom is -0.444 e. The van der Waals surface area contributed by atoms with E-state index in [1.54, 1.807) is 46.8 Å². The van der Waals surface area contributed by atoms with Crippen molar-refractivity contribution in [3.8, 4) is 11.1 Å². The van der Waals surface area contributed by atoms with Gasteiger partial charge in [0.05, 0.1) is 17.4 Å². The largest absolute Gasteiger partial charge is 0.444 e. The van der Waals surface area contributed by atoms with E-state index in [2.05, 4.69) is 11.9 Å². The molecule has 8 heteroatoms. The molecular formula is C34H41N2O5P. The number of hydrogen-bond acceptors (Lipinski definition) is 5. The number of alkyl carbamates (subject to hydrolysis) is 1. The number of ether oxygens (including phenoxy) is 1. The molecule has 1 aliphatic rings. The lowest BCUT2D eigenvalue weighted by Gasteiger charge is -2.36. The highest BCUT2D eigenvalue weighted by Crippen LogP contribution is 2.57. The molecule has 0 spiro atoms. The first-order chi connectivity index (χ1) is 19.6. The van der Waals surface area contributed by atoms with Crippen LogP contribution in [0, 0.1) is 5.92 Å². The lowest BCUT2D eigenvalue weighted by atomic mass is 9.95. The number of benzene rings is 3. The smallest absolute Gasteiger partial charge is 0.408 e. The highest BCUT2D eigenvalue weighted by atomic mass is 31.2. The molecule has 3 aromatic rings. The topological polar surface area (TPSA) is 97.2 Å². The number of carbonyl (C=O) groups is 1. The van der Waals surface area contributed by atoms with Crippen LogP contribution in [0.3, 0.4) is 0 Å². The van der Waals surface area contributed by atoms with Gasteiger partial charge in [-0.1, -0.05) is 93.2 Å². The van der Waals surface area contributed by atoms with E-state index in [1.165, 1.54) is 0 Å². The van der Waals surface area contributed by atoms with Crippen LogP contribution in [0.2, 0.25) is 0 Å². The maximum absolute atomic E-state index is 14.5. The summed E-state index contributed by atoms with van der Waals surface area (Å²) in [4.78, 5) is 30.1. The normalized spacial score (nSPS) is 15.7. The van der Waals surface area contributed by atoms with E-state index in [0.29, 0.717) is 11.3 Å². The summed E-state index contributed by atoms with van der Waals surface area (Å²) in [5, 5.41) is 2.87. The van der Waals surface area contributed by atoms with Gasteiger partial charge in [0.2, 0.25) is 0 Å². The van der Waals surface area contributed by atoms with Gasteiger partial charge in [0.15, 0.2) is 5.78 Å². The van der Waals surface area contributed by atoms with Crippen LogP contribution in [0.4, 0.5) is 4.79 Å². The third kappa shape index (κ3) is 6.92. The van der Waals surface area contributed by atoms with Crippen molar-refractivity contribution in [2.75, 3.05) is 0 Å². The number of hydrogen-bond donors (Lipinski definition) is 2. The van der Waals surface area contributed by atoms with Gasteiger partial charge in [-0.15, -0.1) is 0 Å². The van der Waals surface area contributed by atoms with E-state index in [-0.39, 0.29) is 5.92 Å². The first-order valence-electron chi connectivity index (χ1n) is 14.1. The average Bonchev–Trinajstić information content (AvgIpc) is 3.22. The predicted molar refractivity (Wildman–Crippen MR) is 170 cm³/mol. The van der Waals surface area contributed by atoms with Crippen molar-refractivity contribution in [3.63, 3.8) is 0 Å². The van der Waals surface area contributed by atoms with E-state index < -0.39 is 36.7 Å². The van der Waals surface area contributed by atoms with Crippen LogP contribution in [0.25, 0.3) is 17.2 Å². The van der Waals surface area contributed by atoms with Crippen LogP contribution in [0.5, 0.6) is 0 Å². The predicted octanol–water partition coefficient (Wildman–Crippen LogP) is 8.38. The van der Waals surface area contributed by atoms with Crippen molar-refractivity contribution in [3.05, 3.63) is 102 Å². The molecule has 3 aromatic carbocycles. The Balaban J connectivity index is 1.97. The fourth-order valence-electron chi connectivity index (χ4n) is 4.74. The Kier molecular flexibility index (Phi) is 8.98. The number of aliphatic imine (C=N–C) groups is 1. The van der Waals surface area contributed by atoms with Crippen LogP contribution in [-0.4, -0.2) is 33.7 Å². The first-order valence-corrected chi connectivity index (χ1v) is 15.8. The van der Waals surface area contributed by atoms with Crippen molar-refractivity contribution in [2.24, 2.45) is 10.9 Å². The molecule has 3 atom stereocenters. The highest BCUT2D eigenvalue weighted by Gasteiger charge is 2.46. The number of nitrogens with zero attached hydrogens (tertiary/aromatic N) is 1. The van der Waals surface area contributed by atoms with Gasteiger partial charge in [0.1, 0.15) is 5.60 Å². The lowest BCUT2D eigenvalue weighted by Crippen LogP contribution is -2.41. The molecule has 0 radical (unpaired) electrons. The Hall–Kier alpha value is -3.51. The van der Waals surface area contributed by atoms with Gasteiger partial charge in [-0.2, -0.15) is 0 Å². The summed E-state index contributed by atoms with van der Waals surface area (Å²) < 4.78 is 26.2. The van der Waals surface area contributed by atoms with E-state index in [4.69, 9.17) is 14.3 Å². The Morgan fingerprint density at radius 3 is 1.98 bits per heavy atom. The third-order valence-corrected chi connectivity index (χ3v) is 9.30. The summed E-state index contributed by atoms with van der Waals surface area (Å²) in [6, 6.07) is 21.8. The van der Waals surface area contributed by atoms with Crippen molar-refractivity contribution in [1.29, 1.82) is 0 Å². The lowest BCUT2D eigenvalue weighted by molar-refractivity contribution is 0.0418. The van der Waals surface area contributed by atoms with Crippen LogP contribution >= 0.6 is 7.60 Å². The Morgan fingerprint density at radius 2 is 1.48 bits per heavy atom. The molecule has 3 unspecified atom stereocenters. The van der Waals surface area contributed by atoms with Gasteiger partial charge < -0.3 is 19.5 Å². The van der Waals surface area contributed by atoms with Crippen molar-refractivity contribution >= 4 is 25.5 Å². The highest BCUT2D eigenvalue weighted by molar-refractivity contribution is 7.53. The molecule has 0 bridgehead atoms. The zero-order chi connectivity index (χ0) is 30.9. The minimum atomic E-state index is -4.59. The molecule has 222 valence electrons. The molecule has 4 rings (SSSR count). The summed E-state index contributed by atoms with van der Waals surface area (Å²) >= 11 is 0. The van der Waals surface area contributed by atoms with Crippen LogP contribution < -0.4 is 5.32 Å². The second-order valence-corrected chi connectivity index (χ2v) is 14.2. The average molecular weight is 589 g/mol. The second-order valence-electron chi connectivity index (χ2n) is 12.4. The SMILES string of the molecule is C=Cc1cccc(C(NC(=O)OC(C)(C)C)C(N=C2c3ccccc3-c3ccccc32)P(=O)(O)OC(C)(C)C(C)C)c1. The number of fused-ring (bicyclic) bond motifs is 3. The van der Waals surface area contributed by atoms with Crippen molar-refractivity contribution < 1.29 is 23.5 Å². The summed E-state index contributed by atoms with van der Waals surface area (Å²) in [5.41, 5.74) is 3.77. The van der Waals surface area contributed by atoms with E-state index in [0.717, 1.165) is 27.8 Å². The number of amides is 1. The van der Waals surface area contributed by atoms with Gasteiger partial charge >= 0.3 is 13.7 Å². The molecule has 42 heavy (non-hydrogen) atoms. The first kappa shape index (κ1) is 31.4. The fourth-order valence-corrected chi connectivity index (χ4v) is 6.62. The van der Waals surface area contributed by atoms with E-state index in [1.807, 2.05) is 80.6 Å². The van der Waals surface area contributed by atoms with E-state index >= 15 is 0 Å². The summed E-state index contributed by atoms with van der Waals surface area (Å²) in [5.74, 6) is -1.50. The van der Waals surface area contributed by atoms with E-state index in [9.17, 15) is 14.3 Å². The molecule has 0 aromatic heterocycles. The number of nitrogens with one attached hydrogen (secondary N) is 1. The van der Waals surface area contributed by atoms with Crippen LogP contribution in [0.15, 0.2) is 84.4 Å².